The van der Waals surface area contributed by atoms with E-state index in [1.165, 1.54) is 0 Å². The van der Waals surface area contributed by atoms with Crippen LogP contribution in [0, 0.1) is 6.92 Å². The Hall–Kier alpha value is -1.66. The van der Waals surface area contributed by atoms with Gasteiger partial charge in [-0.25, -0.2) is 0 Å². The number of halogens is 1. The minimum Gasteiger partial charge on any atom is -0.398 e. The molecule has 3 N–H and O–H groups in total. The lowest BCUT2D eigenvalue weighted by molar-refractivity contribution is -0.113. The van der Waals surface area contributed by atoms with E-state index in [4.69, 9.17) is 5.73 Å². The summed E-state index contributed by atoms with van der Waals surface area (Å²) in [4.78, 5) is 12.4. The molecule has 0 aromatic heterocycles. The Labute approximate surface area is 134 Å². The fraction of sp³-hybridized carbons (Fsp3) is 0.133. The fourth-order valence-electron chi connectivity index (χ4n) is 1.80. The third-order valence-corrected chi connectivity index (χ3v) is 4.72. The summed E-state index contributed by atoms with van der Waals surface area (Å²) in [5.41, 5.74) is 7.94. The molecule has 6 heteroatoms. The van der Waals surface area contributed by atoms with Crippen molar-refractivity contribution in [2.24, 2.45) is 0 Å². The Morgan fingerprint density at radius 2 is 1.90 bits per heavy atom. The zero-order valence-corrected chi connectivity index (χ0v) is 13.8. The SMILES string of the molecule is Cc1ccc(S(=O)CC(=O)Nc2ccc(Br)cc2)c(N)c1. The van der Waals surface area contributed by atoms with Crippen LogP contribution in [0.2, 0.25) is 0 Å². The fourth-order valence-corrected chi connectivity index (χ4v) is 3.07. The summed E-state index contributed by atoms with van der Waals surface area (Å²) in [6.45, 7) is 1.91. The second-order valence-electron chi connectivity index (χ2n) is 4.59. The van der Waals surface area contributed by atoms with Crippen LogP contribution in [0.15, 0.2) is 51.8 Å². The zero-order chi connectivity index (χ0) is 15.4. The highest BCUT2D eigenvalue weighted by Crippen LogP contribution is 2.19. The molecule has 1 atom stereocenters. The molecule has 1 unspecified atom stereocenters. The first-order chi connectivity index (χ1) is 9.95. The standard InChI is InChI=1S/C15H15BrN2O2S/c1-10-2-7-14(13(17)8-10)21(20)9-15(19)18-12-5-3-11(16)4-6-12/h2-8H,9,17H2,1H3,(H,18,19). The maximum atomic E-state index is 12.2. The number of anilines is 2. The van der Waals surface area contributed by atoms with Crippen LogP contribution in [0.25, 0.3) is 0 Å². The summed E-state index contributed by atoms with van der Waals surface area (Å²) in [5, 5.41) is 2.71. The number of nitrogen functional groups attached to an aromatic ring is 1. The lowest BCUT2D eigenvalue weighted by Gasteiger charge is -2.08. The molecule has 0 aliphatic rings. The first-order valence-corrected chi connectivity index (χ1v) is 8.37. The van der Waals surface area contributed by atoms with Gasteiger partial charge in [0.15, 0.2) is 0 Å². The molecule has 0 spiro atoms. The van der Waals surface area contributed by atoms with Gasteiger partial charge in [0.1, 0.15) is 5.75 Å². The molecule has 2 aromatic carbocycles. The summed E-state index contributed by atoms with van der Waals surface area (Å²) >= 11 is 3.32. The predicted octanol–water partition coefficient (Wildman–Crippen LogP) is 3.09. The van der Waals surface area contributed by atoms with E-state index in [0.29, 0.717) is 16.3 Å². The maximum absolute atomic E-state index is 12.2. The zero-order valence-electron chi connectivity index (χ0n) is 11.4. The number of aryl methyl sites for hydroxylation is 1. The van der Waals surface area contributed by atoms with E-state index in [-0.39, 0.29) is 11.7 Å². The summed E-state index contributed by atoms with van der Waals surface area (Å²) in [6.07, 6.45) is 0. The average molecular weight is 367 g/mol. The number of rotatable bonds is 4. The van der Waals surface area contributed by atoms with Crippen molar-refractivity contribution >= 4 is 44.0 Å². The summed E-state index contributed by atoms with van der Waals surface area (Å²) < 4.78 is 13.1. The number of carbonyl (C=O) groups excluding carboxylic acids is 1. The molecule has 0 saturated heterocycles. The van der Waals surface area contributed by atoms with Crippen LogP contribution in [0.5, 0.6) is 0 Å². The van der Waals surface area contributed by atoms with Crippen LogP contribution in [0.3, 0.4) is 0 Å². The van der Waals surface area contributed by atoms with Gasteiger partial charge in [-0.2, -0.15) is 0 Å². The number of nitrogens with one attached hydrogen (secondary N) is 1. The Kier molecular flexibility index (Phi) is 5.14. The van der Waals surface area contributed by atoms with E-state index >= 15 is 0 Å². The van der Waals surface area contributed by atoms with Crippen molar-refractivity contribution in [3.8, 4) is 0 Å². The lowest BCUT2D eigenvalue weighted by atomic mass is 10.2. The highest BCUT2D eigenvalue weighted by molar-refractivity contribution is 9.10. The molecule has 0 aliphatic carbocycles. The molecule has 0 saturated carbocycles. The highest BCUT2D eigenvalue weighted by Gasteiger charge is 2.13. The molecule has 21 heavy (non-hydrogen) atoms. The van der Waals surface area contributed by atoms with Crippen LogP contribution in [0.4, 0.5) is 11.4 Å². The smallest absolute Gasteiger partial charge is 0.237 e. The molecule has 2 rings (SSSR count). The molecule has 1 amide bonds. The van der Waals surface area contributed by atoms with Crippen molar-refractivity contribution in [2.45, 2.75) is 11.8 Å². The largest absolute Gasteiger partial charge is 0.398 e. The molecule has 110 valence electrons. The Balaban J connectivity index is 2.02. The first-order valence-electron chi connectivity index (χ1n) is 6.25. The van der Waals surface area contributed by atoms with Crippen molar-refractivity contribution in [1.82, 2.24) is 0 Å². The van der Waals surface area contributed by atoms with Crippen LogP contribution >= 0.6 is 15.9 Å². The molecule has 0 heterocycles. The van der Waals surface area contributed by atoms with Gasteiger partial charge in [-0.1, -0.05) is 22.0 Å². The van der Waals surface area contributed by atoms with E-state index < -0.39 is 10.8 Å². The Morgan fingerprint density at radius 3 is 2.52 bits per heavy atom. The quantitative estimate of drug-likeness (QED) is 0.816. The third-order valence-electron chi connectivity index (χ3n) is 2.80. The number of nitrogens with two attached hydrogens (primary N) is 1. The normalized spacial score (nSPS) is 11.9. The van der Waals surface area contributed by atoms with Crippen molar-refractivity contribution < 1.29 is 9.00 Å². The first kappa shape index (κ1) is 15.7. The van der Waals surface area contributed by atoms with Crippen molar-refractivity contribution in [3.05, 3.63) is 52.5 Å². The molecular formula is C15H15BrN2O2S. The van der Waals surface area contributed by atoms with Crippen LogP contribution in [-0.2, 0) is 15.6 Å². The molecule has 4 nitrogen and oxygen atoms in total. The molecule has 2 aromatic rings. The Morgan fingerprint density at radius 1 is 1.24 bits per heavy atom. The summed E-state index contributed by atoms with van der Waals surface area (Å²) in [7, 11) is -1.46. The number of hydrogen-bond acceptors (Lipinski definition) is 3. The highest BCUT2D eigenvalue weighted by atomic mass is 79.9. The van der Waals surface area contributed by atoms with E-state index in [0.717, 1.165) is 10.0 Å². The molecular weight excluding hydrogens is 352 g/mol. The minimum atomic E-state index is -1.46. The van der Waals surface area contributed by atoms with Crippen molar-refractivity contribution in [2.75, 3.05) is 16.8 Å². The van der Waals surface area contributed by atoms with Gasteiger partial charge in [0.05, 0.1) is 15.7 Å². The van der Waals surface area contributed by atoms with Crippen LogP contribution < -0.4 is 11.1 Å². The summed E-state index contributed by atoms with van der Waals surface area (Å²) in [5.74, 6) is -0.431. The van der Waals surface area contributed by atoms with Crippen LogP contribution in [0.1, 0.15) is 5.56 Å². The monoisotopic (exact) mass is 366 g/mol. The second-order valence-corrected chi connectivity index (χ2v) is 6.92. The average Bonchev–Trinajstić information content (AvgIpc) is 2.41. The molecule has 0 bridgehead atoms. The van der Waals surface area contributed by atoms with E-state index in [2.05, 4.69) is 21.2 Å². The lowest BCUT2D eigenvalue weighted by Crippen LogP contribution is -2.20. The second kappa shape index (κ2) is 6.87. The van der Waals surface area contributed by atoms with Crippen molar-refractivity contribution in [1.29, 1.82) is 0 Å². The molecule has 0 aliphatic heterocycles. The van der Waals surface area contributed by atoms with Gasteiger partial charge < -0.3 is 11.1 Å². The topological polar surface area (TPSA) is 72.2 Å². The van der Waals surface area contributed by atoms with Gasteiger partial charge in [0.25, 0.3) is 0 Å². The van der Waals surface area contributed by atoms with Gasteiger partial charge in [-0.3, -0.25) is 9.00 Å². The van der Waals surface area contributed by atoms with Gasteiger partial charge in [-0.05, 0) is 48.9 Å². The van der Waals surface area contributed by atoms with Gasteiger partial charge in [0, 0.05) is 15.8 Å². The van der Waals surface area contributed by atoms with E-state index in [1.54, 1.807) is 24.3 Å². The number of carbonyl (C=O) groups is 1. The Bertz CT molecular complexity index is 687. The minimum absolute atomic E-state index is 0.122. The van der Waals surface area contributed by atoms with E-state index in [1.807, 2.05) is 25.1 Å². The molecule has 0 radical (unpaired) electrons. The third kappa shape index (κ3) is 4.41. The van der Waals surface area contributed by atoms with Gasteiger partial charge in [0.2, 0.25) is 5.91 Å². The van der Waals surface area contributed by atoms with Gasteiger partial charge in [-0.15, -0.1) is 0 Å². The maximum Gasteiger partial charge on any atom is 0.237 e. The predicted molar refractivity (Wildman–Crippen MR) is 89.6 cm³/mol. The molecule has 0 fully saturated rings. The van der Waals surface area contributed by atoms with Gasteiger partial charge >= 0.3 is 0 Å². The summed E-state index contributed by atoms with van der Waals surface area (Å²) in [6, 6.07) is 12.5. The van der Waals surface area contributed by atoms with E-state index in [9.17, 15) is 9.00 Å². The number of amides is 1. The number of benzene rings is 2. The van der Waals surface area contributed by atoms with Crippen molar-refractivity contribution in [3.63, 3.8) is 0 Å². The number of hydrogen-bond donors (Lipinski definition) is 2. The van der Waals surface area contributed by atoms with Crippen LogP contribution in [-0.4, -0.2) is 15.9 Å².